The monoisotopic (exact) mass is 308 g/mol. The van der Waals surface area contributed by atoms with Crippen LogP contribution in [0.4, 0.5) is 9.52 Å². The van der Waals surface area contributed by atoms with Crippen molar-refractivity contribution in [3.05, 3.63) is 40.7 Å². The summed E-state index contributed by atoms with van der Waals surface area (Å²) in [6.07, 6.45) is 0. The summed E-state index contributed by atoms with van der Waals surface area (Å²) in [5, 5.41) is 4.87. The van der Waals surface area contributed by atoms with E-state index in [1.54, 1.807) is 0 Å². The minimum absolute atomic E-state index is 0.00920. The number of Topliss-reactive ketones (excluding diaryl/α,β-unsaturated/α-hetero) is 1. The highest BCUT2D eigenvalue weighted by molar-refractivity contribution is 7.13. The number of rotatable bonds is 5. The van der Waals surface area contributed by atoms with Gasteiger partial charge in [-0.3, -0.25) is 14.9 Å². The van der Waals surface area contributed by atoms with Gasteiger partial charge in [-0.1, -0.05) is 0 Å². The van der Waals surface area contributed by atoms with Crippen LogP contribution in [0.1, 0.15) is 23.0 Å². The Morgan fingerprint density at radius 1 is 1.43 bits per heavy atom. The summed E-state index contributed by atoms with van der Waals surface area (Å²) < 4.78 is 18.7. The molecule has 0 saturated carbocycles. The third-order valence-electron chi connectivity index (χ3n) is 2.56. The number of halogens is 1. The summed E-state index contributed by atoms with van der Waals surface area (Å²) in [4.78, 5) is 26.8. The molecule has 110 valence electrons. The number of nitrogens with zero attached hydrogens (tertiary/aromatic N) is 1. The van der Waals surface area contributed by atoms with Crippen LogP contribution in [0.25, 0.3) is 0 Å². The van der Waals surface area contributed by atoms with Crippen LogP contribution in [0.5, 0.6) is 5.75 Å². The van der Waals surface area contributed by atoms with Crippen molar-refractivity contribution in [2.45, 2.75) is 13.8 Å². The molecule has 1 heterocycles. The van der Waals surface area contributed by atoms with Crippen molar-refractivity contribution in [2.24, 2.45) is 0 Å². The van der Waals surface area contributed by atoms with E-state index >= 15 is 0 Å². The Bertz CT molecular complexity index is 685. The molecule has 21 heavy (non-hydrogen) atoms. The van der Waals surface area contributed by atoms with Crippen LogP contribution < -0.4 is 10.1 Å². The van der Waals surface area contributed by atoms with Crippen LogP contribution in [-0.4, -0.2) is 23.3 Å². The van der Waals surface area contributed by atoms with Crippen LogP contribution in [0.3, 0.4) is 0 Å². The number of amides is 1. The summed E-state index contributed by atoms with van der Waals surface area (Å²) in [5.41, 5.74) is 0.808. The Labute approximate surface area is 124 Å². The molecule has 2 aromatic rings. The molecule has 0 saturated heterocycles. The van der Waals surface area contributed by atoms with Gasteiger partial charge in [-0.25, -0.2) is 9.37 Å². The number of hydrogen-bond acceptors (Lipinski definition) is 5. The average Bonchev–Trinajstić information content (AvgIpc) is 2.81. The second kappa shape index (κ2) is 6.45. The Morgan fingerprint density at radius 2 is 2.19 bits per heavy atom. The summed E-state index contributed by atoms with van der Waals surface area (Å²) in [6.45, 7) is 2.84. The number of hydrogen-bond donors (Lipinski definition) is 1. The van der Waals surface area contributed by atoms with Crippen LogP contribution in [-0.2, 0) is 4.79 Å². The number of carbonyl (C=O) groups is 2. The highest BCUT2D eigenvalue weighted by Gasteiger charge is 2.10. The molecule has 0 atom stereocenters. The molecule has 1 aromatic heterocycles. The molecule has 0 aliphatic carbocycles. The number of ether oxygens (including phenoxy) is 1. The lowest BCUT2D eigenvalue weighted by Crippen LogP contribution is -2.20. The predicted octanol–water partition coefficient (Wildman–Crippen LogP) is 2.81. The topological polar surface area (TPSA) is 68.3 Å². The molecule has 0 bridgehead atoms. The largest absolute Gasteiger partial charge is 0.484 e. The molecule has 0 radical (unpaired) electrons. The first-order valence-corrected chi connectivity index (χ1v) is 6.99. The molecule has 1 N–H and O–H groups in total. The molecule has 0 aliphatic rings. The maximum atomic E-state index is 13.6. The maximum absolute atomic E-state index is 13.6. The second-order valence-corrected chi connectivity index (χ2v) is 5.19. The van der Waals surface area contributed by atoms with Gasteiger partial charge in [0.15, 0.2) is 17.5 Å². The highest BCUT2D eigenvalue weighted by atomic mass is 32.1. The minimum Gasteiger partial charge on any atom is -0.484 e. The zero-order valence-corrected chi connectivity index (χ0v) is 12.3. The van der Waals surface area contributed by atoms with Gasteiger partial charge in [0.25, 0.3) is 5.91 Å². The van der Waals surface area contributed by atoms with Crippen molar-refractivity contribution >= 4 is 28.2 Å². The number of nitrogens with one attached hydrogen (secondary N) is 1. The van der Waals surface area contributed by atoms with Crippen molar-refractivity contribution in [3.63, 3.8) is 0 Å². The third-order valence-corrected chi connectivity index (χ3v) is 3.43. The second-order valence-electron chi connectivity index (χ2n) is 4.33. The van der Waals surface area contributed by atoms with Crippen LogP contribution >= 0.6 is 11.3 Å². The van der Waals surface area contributed by atoms with Crippen molar-refractivity contribution in [1.82, 2.24) is 4.98 Å². The Morgan fingerprint density at radius 3 is 2.76 bits per heavy atom. The standard InChI is InChI=1S/C14H13FN2O3S/c1-8-7-21-14(16-8)17-13(19)6-20-10-3-4-11(9(2)18)12(15)5-10/h3-5,7H,6H2,1-2H3,(H,16,17,19). The summed E-state index contributed by atoms with van der Waals surface area (Å²) >= 11 is 1.31. The van der Waals surface area contributed by atoms with Crippen molar-refractivity contribution < 1.29 is 18.7 Å². The smallest absolute Gasteiger partial charge is 0.264 e. The molecule has 1 aromatic carbocycles. The number of aromatic nitrogens is 1. The van der Waals surface area contributed by atoms with Gasteiger partial charge in [0.05, 0.1) is 11.3 Å². The molecule has 7 heteroatoms. The van der Waals surface area contributed by atoms with Crippen LogP contribution in [0.15, 0.2) is 23.6 Å². The zero-order valence-electron chi connectivity index (χ0n) is 11.5. The molecular weight excluding hydrogens is 295 g/mol. The first-order chi connectivity index (χ1) is 9.95. The average molecular weight is 308 g/mol. The van der Waals surface area contributed by atoms with E-state index < -0.39 is 5.82 Å². The van der Waals surface area contributed by atoms with E-state index in [0.717, 1.165) is 11.8 Å². The number of carbonyl (C=O) groups excluding carboxylic acids is 2. The summed E-state index contributed by atoms with van der Waals surface area (Å²) in [5.74, 6) is -1.24. The van der Waals surface area contributed by atoms with Gasteiger partial charge < -0.3 is 4.74 Å². The molecule has 0 unspecified atom stereocenters. The minimum atomic E-state index is -0.670. The van der Waals surface area contributed by atoms with E-state index in [0.29, 0.717) is 5.13 Å². The highest BCUT2D eigenvalue weighted by Crippen LogP contribution is 2.18. The van der Waals surface area contributed by atoms with E-state index in [9.17, 15) is 14.0 Å². The SMILES string of the molecule is CC(=O)c1ccc(OCC(=O)Nc2nc(C)cs2)cc1F. The van der Waals surface area contributed by atoms with Gasteiger partial charge in [0.2, 0.25) is 0 Å². The molecule has 5 nitrogen and oxygen atoms in total. The Balaban J connectivity index is 1.92. The van der Waals surface area contributed by atoms with Gasteiger partial charge in [-0.15, -0.1) is 11.3 Å². The molecule has 0 aliphatic heterocycles. The van der Waals surface area contributed by atoms with E-state index in [4.69, 9.17) is 4.74 Å². The third kappa shape index (κ3) is 4.09. The Hall–Kier alpha value is -2.28. The van der Waals surface area contributed by atoms with E-state index in [-0.39, 0.29) is 29.6 Å². The maximum Gasteiger partial charge on any atom is 0.264 e. The number of ketones is 1. The Kier molecular flexibility index (Phi) is 4.64. The van der Waals surface area contributed by atoms with Gasteiger partial charge in [0, 0.05) is 11.4 Å². The lowest BCUT2D eigenvalue weighted by atomic mass is 10.1. The quantitative estimate of drug-likeness (QED) is 0.862. The first kappa shape index (κ1) is 15.1. The predicted molar refractivity (Wildman–Crippen MR) is 77.4 cm³/mol. The van der Waals surface area contributed by atoms with Gasteiger partial charge in [-0.05, 0) is 26.0 Å². The number of thiazole rings is 1. The fourth-order valence-corrected chi connectivity index (χ4v) is 2.29. The summed E-state index contributed by atoms with van der Waals surface area (Å²) in [6, 6.07) is 3.85. The van der Waals surface area contributed by atoms with E-state index in [1.165, 1.54) is 30.4 Å². The number of benzene rings is 1. The molecule has 0 fully saturated rings. The molecule has 0 spiro atoms. The van der Waals surface area contributed by atoms with Crippen LogP contribution in [0.2, 0.25) is 0 Å². The van der Waals surface area contributed by atoms with E-state index in [2.05, 4.69) is 10.3 Å². The summed E-state index contributed by atoms with van der Waals surface area (Å²) in [7, 11) is 0. The fourth-order valence-electron chi connectivity index (χ4n) is 1.59. The normalized spacial score (nSPS) is 10.2. The molecular formula is C14H13FN2O3S. The van der Waals surface area contributed by atoms with Crippen molar-refractivity contribution in [1.29, 1.82) is 0 Å². The lowest BCUT2D eigenvalue weighted by molar-refractivity contribution is -0.118. The first-order valence-electron chi connectivity index (χ1n) is 6.11. The number of aryl methyl sites for hydroxylation is 1. The zero-order chi connectivity index (χ0) is 15.4. The number of anilines is 1. The van der Waals surface area contributed by atoms with E-state index in [1.807, 2.05) is 12.3 Å². The van der Waals surface area contributed by atoms with Crippen molar-refractivity contribution in [2.75, 3.05) is 11.9 Å². The lowest BCUT2D eigenvalue weighted by Gasteiger charge is -2.07. The fraction of sp³-hybridized carbons (Fsp3) is 0.214. The van der Waals surface area contributed by atoms with Crippen LogP contribution in [0, 0.1) is 12.7 Å². The van der Waals surface area contributed by atoms with Gasteiger partial charge in [-0.2, -0.15) is 0 Å². The van der Waals surface area contributed by atoms with Crippen molar-refractivity contribution in [3.8, 4) is 5.75 Å². The van der Waals surface area contributed by atoms with Gasteiger partial charge >= 0.3 is 0 Å². The van der Waals surface area contributed by atoms with Gasteiger partial charge in [0.1, 0.15) is 11.6 Å². The molecule has 1 amide bonds. The molecule has 2 rings (SSSR count).